The smallest absolute Gasteiger partial charge is 0.416 e. The number of benzene rings is 1. The van der Waals surface area contributed by atoms with E-state index in [9.17, 15) is 13.2 Å². The monoisotopic (exact) mass is 497 g/mol. The molecule has 2 N–H and O–H groups in total. The van der Waals surface area contributed by atoms with Crippen LogP contribution in [-0.4, -0.2) is 26.2 Å². The molecule has 1 aromatic carbocycles. The zero-order valence-corrected chi connectivity index (χ0v) is 17.2. The predicted octanol–water partition coefficient (Wildman–Crippen LogP) is 4.19. The lowest BCUT2D eigenvalue weighted by molar-refractivity contribution is -0.137. The largest absolute Gasteiger partial charge is 0.467 e. The molecular formula is C18H23F3IN3O2. The maximum absolute atomic E-state index is 12.5. The van der Waals surface area contributed by atoms with Crippen LogP contribution in [0.25, 0.3) is 0 Å². The number of hydrogen-bond acceptors (Lipinski definition) is 3. The molecule has 0 amide bonds. The molecule has 1 heterocycles. The summed E-state index contributed by atoms with van der Waals surface area (Å²) in [4.78, 5) is 4.08. The molecule has 150 valence electrons. The van der Waals surface area contributed by atoms with E-state index in [0.29, 0.717) is 32.3 Å². The molecule has 0 radical (unpaired) electrons. The third-order valence-electron chi connectivity index (χ3n) is 3.55. The second kappa shape index (κ2) is 11.9. The standard InChI is InChI=1S/C18H22F3N3O2.HI/c1-22-17(23-9-3-10-25-13-16-4-2-11-26-16)24-12-14-5-7-15(8-6-14)18(19,20)21;/h2,4-8,11H,3,9-10,12-13H2,1H3,(H2,22,23,24);1H. The van der Waals surface area contributed by atoms with Gasteiger partial charge in [-0.25, -0.2) is 0 Å². The lowest BCUT2D eigenvalue weighted by Crippen LogP contribution is -2.37. The minimum Gasteiger partial charge on any atom is -0.467 e. The second-order valence-corrected chi connectivity index (χ2v) is 5.53. The number of hydrogen-bond donors (Lipinski definition) is 2. The van der Waals surface area contributed by atoms with Crippen LogP contribution in [-0.2, 0) is 24.1 Å². The van der Waals surface area contributed by atoms with E-state index in [1.807, 2.05) is 12.1 Å². The van der Waals surface area contributed by atoms with Crippen LogP contribution in [0.15, 0.2) is 52.1 Å². The number of alkyl halides is 3. The normalized spacial score (nSPS) is 11.8. The molecule has 0 bridgehead atoms. The molecule has 2 aromatic rings. The number of aliphatic imine (C=N–C) groups is 1. The van der Waals surface area contributed by atoms with Gasteiger partial charge in [-0.05, 0) is 36.2 Å². The highest BCUT2D eigenvalue weighted by Gasteiger charge is 2.29. The summed E-state index contributed by atoms with van der Waals surface area (Å²) in [6.07, 6.45) is -1.93. The van der Waals surface area contributed by atoms with E-state index in [1.54, 1.807) is 13.3 Å². The van der Waals surface area contributed by atoms with E-state index < -0.39 is 11.7 Å². The molecule has 0 aliphatic heterocycles. The summed E-state index contributed by atoms with van der Waals surface area (Å²) in [5.74, 6) is 1.36. The molecular weight excluding hydrogens is 474 g/mol. The van der Waals surface area contributed by atoms with Crippen molar-refractivity contribution in [2.75, 3.05) is 20.2 Å². The summed E-state index contributed by atoms with van der Waals surface area (Å²) < 4.78 is 48.2. The third-order valence-corrected chi connectivity index (χ3v) is 3.55. The number of guanidine groups is 1. The average Bonchev–Trinajstić information content (AvgIpc) is 3.13. The topological polar surface area (TPSA) is 58.8 Å². The fourth-order valence-corrected chi connectivity index (χ4v) is 2.17. The Balaban J connectivity index is 0.00000364. The minimum absolute atomic E-state index is 0. The molecule has 0 saturated heterocycles. The van der Waals surface area contributed by atoms with Crippen LogP contribution in [0.5, 0.6) is 0 Å². The molecule has 0 fully saturated rings. The molecule has 0 aliphatic carbocycles. The van der Waals surface area contributed by atoms with E-state index in [0.717, 1.165) is 29.9 Å². The van der Waals surface area contributed by atoms with E-state index in [4.69, 9.17) is 9.15 Å². The van der Waals surface area contributed by atoms with Gasteiger partial charge in [0.1, 0.15) is 12.4 Å². The Hall–Kier alpha value is -1.75. The van der Waals surface area contributed by atoms with E-state index >= 15 is 0 Å². The Kier molecular flexibility index (Phi) is 10.2. The first kappa shape index (κ1) is 23.3. The Labute approximate surface area is 173 Å². The number of nitrogens with one attached hydrogen (secondary N) is 2. The molecule has 1 aromatic heterocycles. The highest BCUT2D eigenvalue weighted by Crippen LogP contribution is 2.28. The van der Waals surface area contributed by atoms with Gasteiger partial charge in [-0.15, -0.1) is 24.0 Å². The van der Waals surface area contributed by atoms with Gasteiger partial charge < -0.3 is 19.8 Å². The van der Waals surface area contributed by atoms with Crippen LogP contribution in [0.2, 0.25) is 0 Å². The number of halogens is 4. The van der Waals surface area contributed by atoms with E-state index in [-0.39, 0.29) is 24.0 Å². The first-order valence-corrected chi connectivity index (χ1v) is 8.20. The fourth-order valence-electron chi connectivity index (χ4n) is 2.17. The summed E-state index contributed by atoms with van der Waals surface area (Å²) in [5, 5.41) is 6.18. The lowest BCUT2D eigenvalue weighted by Gasteiger charge is -2.12. The Bertz CT molecular complexity index is 674. The van der Waals surface area contributed by atoms with Crippen molar-refractivity contribution in [1.82, 2.24) is 10.6 Å². The average molecular weight is 497 g/mol. The molecule has 2 rings (SSSR count). The molecule has 27 heavy (non-hydrogen) atoms. The number of ether oxygens (including phenoxy) is 1. The summed E-state index contributed by atoms with van der Waals surface area (Å²) in [5.41, 5.74) is 0.0843. The van der Waals surface area contributed by atoms with Gasteiger partial charge in [-0.2, -0.15) is 13.2 Å². The van der Waals surface area contributed by atoms with E-state index in [2.05, 4.69) is 15.6 Å². The van der Waals surface area contributed by atoms with Crippen molar-refractivity contribution in [3.63, 3.8) is 0 Å². The zero-order chi connectivity index (χ0) is 18.8. The van der Waals surface area contributed by atoms with Crippen LogP contribution in [0.3, 0.4) is 0 Å². The summed E-state index contributed by atoms with van der Waals surface area (Å²) in [6, 6.07) is 8.71. The van der Waals surface area contributed by atoms with Crippen LogP contribution in [0.1, 0.15) is 23.3 Å². The van der Waals surface area contributed by atoms with Crippen molar-refractivity contribution in [3.8, 4) is 0 Å². The van der Waals surface area contributed by atoms with E-state index in [1.165, 1.54) is 12.1 Å². The SMILES string of the molecule is CN=C(NCCCOCc1ccco1)NCc1ccc(C(F)(F)F)cc1.I. The maximum Gasteiger partial charge on any atom is 0.416 e. The van der Waals surface area contributed by atoms with Gasteiger partial charge in [0.25, 0.3) is 0 Å². The van der Waals surface area contributed by atoms with Crippen molar-refractivity contribution in [3.05, 3.63) is 59.5 Å². The van der Waals surface area contributed by atoms with Crippen molar-refractivity contribution in [2.24, 2.45) is 4.99 Å². The van der Waals surface area contributed by atoms with Crippen LogP contribution >= 0.6 is 24.0 Å². The number of furan rings is 1. The Morgan fingerprint density at radius 2 is 1.89 bits per heavy atom. The van der Waals surface area contributed by atoms with Crippen molar-refractivity contribution >= 4 is 29.9 Å². The van der Waals surface area contributed by atoms with Crippen LogP contribution in [0, 0.1) is 0 Å². The first-order valence-electron chi connectivity index (χ1n) is 8.20. The van der Waals surface area contributed by atoms with Crippen molar-refractivity contribution in [2.45, 2.75) is 25.7 Å². The quantitative estimate of drug-likeness (QED) is 0.249. The van der Waals surface area contributed by atoms with Gasteiger partial charge in [-0.1, -0.05) is 12.1 Å². The maximum atomic E-state index is 12.5. The van der Waals surface area contributed by atoms with Gasteiger partial charge in [0, 0.05) is 26.7 Å². The van der Waals surface area contributed by atoms with Gasteiger partial charge >= 0.3 is 6.18 Å². The van der Waals surface area contributed by atoms with Gasteiger partial charge in [0.15, 0.2) is 5.96 Å². The minimum atomic E-state index is -4.32. The molecule has 0 saturated carbocycles. The lowest BCUT2D eigenvalue weighted by atomic mass is 10.1. The highest BCUT2D eigenvalue weighted by atomic mass is 127. The molecule has 0 aliphatic rings. The number of nitrogens with zero attached hydrogens (tertiary/aromatic N) is 1. The number of rotatable bonds is 8. The second-order valence-electron chi connectivity index (χ2n) is 5.53. The predicted molar refractivity (Wildman–Crippen MR) is 108 cm³/mol. The summed E-state index contributed by atoms with van der Waals surface area (Å²) in [7, 11) is 1.63. The van der Waals surface area contributed by atoms with Gasteiger partial charge in [0.05, 0.1) is 11.8 Å². The van der Waals surface area contributed by atoms with Gasteiger partial charge in [-0.3, -0.25) is 4.99 Å². The molecule has 5 nitrogen and oxygen atoms in total. The molecule has 9 heteroatoms. The zero-order valence-electron chi connectivity index (χ0n) is 14.9. The van der Waals surface area contributed by atoms with Gasteiger partial charge in [0.2, 0.25) is 0 Å². The van der Waals surface area contributed by atoms with Crippen LogP contribution < -0.4 is 10.6 Å². The van der Waals surface area contributed by atoms with Crippen LogP contribution in [0.4, 0.5) is 13.2 Å². The Morgan fingerprint density at radius 1 is 1.15 bits per heavy atom. The third kappa shape index (κ3) is 8.65. The summed E-state index contributed by atoms with van der Waals surface area (Å²) in [6.45, 7) is 2.05. The molecule has 0 atom stereocenters. The fraction of sp³-hybridized carbons (Fsp3) is 0.389. The van der Waals surface area contributed by atoms with Crippen molar-refractivity contribution in [1.29, 1.82) is 0 Å². The molecule has 0 spiro atoms. The summed E-state index contributed by atoms with van der Waals surface area (Å²) >= 11 is 0. The Morgan fingerprint density at radius 3 is 2.48 bits per heavy atom. The van der Waals surface area contributed by atoms with Crippen molar-refractivity contribution < 1.29 is 22.3 Å². The first-order chi connectivity index (χ1) is 12.5. The molecule has 0 unspecified atom stereocenters. The highest BCUT2D eigenvalue weighted by molar-refractivity contribution is 14.0.